The average molecular weight is 487 g/mol. The van der Waals surface area contributed by atoms with Crippen molar-refractivity contribution in [1.82, 2.24) is 5.32 Å². The molecule has 2 N–H and O–H groups in total. The second-order valence-corrected chi connectivity index (χ2v) is 10.6. The Morgan fingerprint density at radius 1 is 1.09 bits per heavy atom. The lowest BCUT2D eigenvalue weighted by Crippen LogP contribution is -2.48. The molecule has 1 fully saturated rings. The van der Waals surface area contributed by atoms with E-state index in [-0.39, 0.29) is 5.91 Å². The molecule has 1 heterocycles. The van der Waals surface area contributed by atoms with Crippen LogP contribution in [-0.2, 0) is 19.6 Å². The molecule has 1 unspecified atom stereocenters. The van der Waals surface area contributed by atoms with Gasteiger partial charge in [0.25, 0.3) is 0 Å². The maximum absolute atomic E-state index is 13.0. The molecule has 2 amide bonds. The molecule has 1 aliphatic rings. The van der Waals surface area contributed by atoms with Gasteiger partial charge in [-0.15, -0.1) is 0 Å². The third kappa shape index (κ3) is 6.72. The molecule has 1 saturated heterocycles. The van der Waals surface area contributed by atoms with Crippen molar-refractivity contribution < 1.29 is 18.0 Å². The first-order valence-corrected chi connectivity index (χ1v) is 13.5. The maximum Gasteiger partial charge on any atom is 0.246 e. The highest BCUT2D eigenvalue weighted by molar-refractivity contribution is 7.92. The van der Waals surface area contributed by atoms with Crippen molar-refractivity contribution in [1.29, 1.82) is 0 Å². The smallest absolute Gasteiger partial charge is 0.246 e. The van der Waals surface area contributed by atoms with Crippen LogP contribution in [0.2, 0.25) is 0 Å². The normalized spacial score (nSPS) is 14.5. The van der Waals surface area contributed by atoms with Crippen LogP contribution in [0.5, 0.6) is 0 Å². The predicted molar refractivity (Wildman–Crippen MR) is 137 cm³/mol. The number of hydrogen-bond acceptors (Lipinski definition) is 5. The molecule has 1 aliphatic heterocycles. The van der Waals surface area contributed by atoms with Gasteiger partial charge in [0, 0.05) is 24.5 Å². The van der Waals surface area contributed by atoms with Gasteiger partial charge in [0.15, 0.2) is 0 Å². The fourth-order valence-electron chi connectivity index (χ4n) is 4.14. The summed E-state index contributed by atoms with van der Waals surface area (Å²) in [5, 5.41) is 5.64. The Bertz CT molecular complexity index is 1110. The van der Waals surface area contributed by atoms with E-state index in [1.165, 1.54) is 0 Å². The summed E-state index contributed by atoms with van der Waals surface area (Å²) in [6.07, 6.45) is 4.51. The van der Waals surface area contributed by atoms with E-state index in [0.29, 0.717) is 24.2 Å². The molecule has 2 aromatic carbocycles. The quantitative estimate of drug-likeness (QED) is 0.537. The van der Waals surface area contributed by atoms with Crippen LogP contribution in [0.25, 0.3) is 0 Å². The van der Waals surface area contributed by atoms with E-state index in [1.807, 2.05) is 31.2 Å². The van der Waals surface area contributed by atoms with E-state index < -0.39 is 28.5 Å². The number of amides is 2. The van der Waals surface area contributed by atoms with Crippen molar-refractivity contribution in [3.8, 4) is 0 Å². The highest BCUT2D eigenvalue weighted by Crippen LogP contribution is 2.24. The van der Waals surface area contributed by atoms with Gasteiger partial charge in [-0.1, -0.05) is 37.6 Å². The van der Waals surface area contributed by atoms with Crippen LogP contribution in [0.1, 0.15) is 38.2 Å². The summed E-state index contributed by atoms with van der Waals surface area (Å²) in [6, 6.07) is 13.9. The minimum atomic E-state index is -3.70. The highest BCUT2D eigenvalue weighted by Gasteiger charge is 2.26. The Morgan fingerprint density at radius 2 is 1.79 bits per heavy atom. The molecule has 0 spiro atoms. The zero-order chi connectivity index (χ0) is 24.7. The van der Waals surface area contributed by atoms with Gasteiger partial charge in [-0.2, -0.15) is 0 Å². The van der Waals surface area contributed by atoms with Crippen molar-refractivity contribution in [2.45, 2.75) is 45.6 Å². The monoisotopic (exact) mass is 486 g/mol. The molecule has 0 aromatic heterocycles. The predicted octanol–water partition coefficient (Wildman–Crippen LogP) is 3.28. The van der Waals surface area contributed by atoms with E-state index >= 15 is 0 Å². The molecule has 34 heavy (non-hydrogen) atoms. The zero-order valence-electron chi connectivity index (χ0n) is 20.1. The Hall–Kier alpha value is -3.07. The van der Waals surface area contributed by atoms with Crippen molar-refractivity contribution >= 4 is 38.9 Å². The standard InChI is InChI=1S/C25H34N4O4S/c1-4-10-22(25(31)26-20-12-9-13-21(17-20)28-15-7-8-16-28)27-24(30)18-29(34(3,32)33)23-14-6-5-11-19(23)2/h5-6,9,11-14,17,22H,4,7-8,10,15-16,18H2,1-3H3,(H,26,31)(H,27,30). The van der Waals surface area contributed by atoms with Crippen LogP contribution in [0.3, 0.4) is 0 Å². The van der Waals surface area contributed by atoms with E-state index in [4.69, 9.17) is 0 Å². The molecule has 0 aliphatic carbocycles. The van der Waals surface area contributed by atoms with Gasteiger partial charge in [0.05, 0.1) is 11.9 Å². The number of nitrogens with one attached hydrogen (secondary N) is 2. The fraction of sp³-hybridized carbons (Fsp3) is 0.440. The van der Waals surface area contributed by atoms with E-state index in [0.717, 1.165) is 47.7 Å². The number of rotatable bonds is 10. The summed E-state index contributed by atoms with van der Waals surface area (Å²) in [4.78, 5) is 28.1. The topological polar surface area (TPSA) is 98.8 Å². The molecule has 2 aromatic rings. The molecule has 184 valence electrons. The molecular weight excluding hydrogens is 452 g/mol. The summed E-state index contributed by atoms with van der Waals surface area (Å²) in [5.41, 5.74) is 2.91. The lowest BCUT2D eigenvalue weighted by Gasteiger charge is -2.25. The number of para-hydroxylation sites is 1. The van der Waals surface area contributed by atoms with Crippen LogP contribution in [0.4, 0.5) is 17.1 Å². The Morgan fingerprint density at radius 3 is 2.44 bits per heavy atom. The number of anilines is 3. The number of nitrogens with zero attached hydrogens (tertiary/aromatic N) is 2. The number of hydrogen-bond donors (Lipinski definition) is 2. The molecular formula is C25H34N4O4S. The first-order valence-electron chi connectivity index (χ1n) is 11.7. The number of carbonyl (C=O) groups is 2. The maximum atomic E-state index is 13.0. The zero-order valence-corrected chi connectivity index (χ0v) is 20.9. The van der Waals surface area contributed by atoms with Gasteiger partial charge in [0.2, 0.25) is 21.8 Å². The van der Waals surface area contributed by atoms with Gasteiger partial charge in [0.1, 0.15) is 12.6 Å². The van der Waals surface area contributed by atoms with Crippen LogP contribution in [0.15, 0.2) is 48.5 Å². The second-order valence-electron chi connectivity index (χ2n) is 8.70. The lowest BCUT2D eigenvalue weighted by molar-refractivity contribution is -0.125. The average Bonchev–Trinajstić information content (AvgIpc) is 3.32. The SMILES string of the molecule is CCCC(NC(=O)CN(c1ccccc1C)S(C)(=O)=O)C(=O)Nc1cccc(N2CCCC2)c1. The van der Waals surface area contributed by atoms with Gasteiger partial charge in [-0.05, 0) is 56.0 Å². The summed E-state index contributed by atoms with van der Waals surface area (Å²) < 4.78 is 25.9. The Kier molecular flexibility index (Phi) is 8.55. The van der Waals surface area contributed by atoms with E-state index in [1.54, 1.807) is 31.2 Å². The van der Waals surface area contributed by atoms with Gasteiger partial charge < -0.3 is 15.5 Å². The fourth-order valence-corrected chi connectivity index (χ4v) is 5.05. The molecule has 8 nitrogen and oxygen atoms in total. The summed E-state index contributed by atoms with van der Waals surface area (Å²) in [6.45, 7) is 5.32. The van der Waals surface area contributed by atoms with Crippen molar-refractivity contribution in [2.75, 3.05) is 40.4 Å². The molecule has 0 saturated carbocycles. The first-order chi connectivity index (χ1) is 16.2. The second kappa shape index (κ2) is 11.4. The van der Waals surface area contributed by atoms with Gasteiger partial charge >= 0.3 is 0 Å². The van der Waals surface area contributed by atoms with E-state index in [9.17, 15) is 18.0 Å². The minimum Gasteiger partial charge on any atom is -0.371 e. The minimum absolute atomic E-state index is 0.324. The lowest BCUT2D eigenvalue weighted by atomic mass is 10.1. The van der Waals surface area contributed by atoms with Crippen molar-refractivity contribution in [3.05, 3.63) is 54.1 Å². The third-order valence-corrected chi connectivity index (χ3v) is 7.01. The van der Waals surface area contributed by atoms with Crippen LogP contribution >= 0.6 is 0 Å². The first kappa shape index (κ1) is 25.6. The van der Waals surface area contributed by atoms with Gasteiger partial charge in [-0.3, -0.25) is 13.9 Å². The molecule has 1 atom stereocenters. The Balaban J connectivity index is 1.70. The van der Waals surface area contributed by atoms with E-state index in [2.05, 4.69) is 15.5 Å². The summed E-state index contributed by atoms with van der Waals surface area (Å²) in [7, 11) is -3.70. The largest absolute Gasteiger partial charge is 0.371 e. The Labute approximate surface area is 202 Å². The molecule has 0 radical (unpaired) electrons. The van der Waals surface area contributed by atoms with Crippen LogP contribution < -0.4 is 19.8 Å². The summed E-state index contributed by atoms with van der Waals surface area (Å²) >= 11 is 0. The summed E-state index contributed by atoms with van der Waals surface area (Å²) in [5.74, 6) is -0.858. The van der Waals surface area contributed by atoms with Crippen LogP contribution in [0, 0.1) is 6.92 Å². The van der Waals surface area contributed by atoms with Crippen LogP contribution in [-0.4, -0.2) is 52.2 Å². The van der Waals surface area contributed by atoms with Crippen molar-refractivity contribution in [2.24, 2.45) is 0 Å². The number of carbonyl (C=O) groups excluding carboxylic acids is 2. The van der Waals surface area contributed by atoms with Gasteiger partial charge in [-0.25, -0.2) is 8.42 Å². The molecule has 9 heteroatoms. The number of aryl methyl sites for hydroxylation is 1. The van der Waals surface area contributed by atoms with Crippen molar-refractivity contribution in [3.63, 3.8) is 0 Å². The number of benzene rings is 2. The third-order valence-electron chi connectivity index (χ3n) is 5.89. The highest BCUT2D eigenvalue weighted by atomic mass is 32.2. The molecule has 3 rings (SSSR count). The molecule has 0 bridgehead atoms. The number of sulfonamides is 1.